The Morgan fingerprint density at radius 1 is 1.23 bits per heavy atom. The molecule has 1 saturated carbocycles. The van der Waals surface area contributed by atoms with E-state index < -0.39 is 11.7 Å². The standard InChI is InChI=1S/C15H21FN4O2/c16-13-9-18-8-6-12(13)15(22)20-11-3-1-10(2-4-11)19-14(21)5-7-17/h6,8-11H,1-5,7,17H2,(H,19,21)(H,20,22). The molecule has 0 radical (unpaired) electrons. The first-order valence-corrected chi connectivity index (χ1v) is 7.50. The third-order valence-corrected chi connectivity index (χ3v) is 3.82. The summed E-state index contributed by atoms with van der Waals surface area (Å²) in [5, 5.41) is 5.77. The summed E-state index contributed by atoms with van der Waals surface area (Å²) in [5.74, 6) is -1.08. The number of aromatic nitrogens is 1. The van der Waals surface area contributed by atoms with E-state index in [0.717, 1.165) is 31.9 Å². The molecule has 0 aliphatic heterocycles. The lowest BCUT2D eigenvalue weighted by Crippen LogP contribution is -2.44. The van der Waals surface area contributed by atoms with Crippen molar-refractivity contribution >= 4 is 11.8 Å². The molecule has 0 atom stereocenters. The van der Waals surface area contributed by atoms with Crippen molar-refractivity contribution in [3.8, 4) is 0 Å². The quantitative estimate of drug-likeness (QED) is 0.747. The predicted octanol–water partition coefficient (Wildman–Crippen LogP) is 0.727. The molecule has 2 amide bonds. The van der Waals surface area contributed by atoms with Crippen LogP contribution in [0.25, 0.3) is 0 Å². The predicted molar refractivity (Wildman–Crippen MR) is 79.5 cm³/mol. The van der Waals surface area contributed by atoms with E-state index in [1.165, 1.54) is 12.3 Å². The second-order valence-electron chi connectivity index (χ2n) is 5.48. The zero-order chi connectivity index (χ0) is 15.9. The highest BCUT2D eigenvalue weighted by atomic mass is 19.1. The largest absolute Gasteiger partial charge is 0.353 e. The van der Waals surface area contributed by atoms with Gasteiger partial charge in [0.15, 0.2) is 5.82 Å². The van der Waals surface area contributed by atoms with E-state index in [0.29, 0.717) is 13.0 Å². The fraction of sp³-hybridized carbons (Fsp3) is 0.533. The van der Waals surface area contributed by atoms with Gasteiger partial charge in [-0.1, -0.05) is 0 Å². The van der Waals surface area contributed by atoms with Gasteiger partial charge in [0.2, 0.25) is 5.91 Å². The molecule has 1 aliphatic rings. The lowest BCUT2D eigenvalue weighted by Gasteiger charge is -2.29. The van der Waals surface area contributed by atoms with Crippen molar-refractivity contribution in [3.05, 3.63) is 29.8 Å². The third kappa shape index (κ3) is 4.49. The van der Waals surface area contributed by atoms with Gasteiger partial charge in [-0.15, -0.1) is 0 Å². The van der Waals surface area contributed by atoms with Gasteiger partial charge in [-0.2, -0.15) is 0 Å². The van der Waals surface area contributed by atoms with E-state index in [1.54, 1.807) is 0 Å². The highest BCUT2D eigenvalue weighted by Gasteiger charge is 2.24. The van der Waals surface area contributed by atoms with Crippen molar-refractivity contribution in [3.63, 3.8) is 0 Å². The van der Waals surface area contributed by atoms with Crippen LogP contribution in [0.2, 0.25) is 0 Å². The van der Waals surface area contributed by atoms with Gasteiger partial charge in [0.25, 0.3) is 5.91 Å². The number of nitrogens with zero attached hydrogens (tertiary/aromatic N) is 1. The van der Waals surface area contributed by atoms with Gasteiger partial charge in [0.1, 0.15) is 0 Å². The molecule has 4 N–H and O–H groups in total. The van der Waals surface area contributed by atoms with Crippen LogP contribution in [0.15, 0.2) is 18.5 Å². The molecule has 22 heavy (non-hydrogen) atoms. The number of nitrogens with two attached hydrogens (primary N) is 1. The number of carbonyl (C=O) groups excluding carboxylic acids is 2. The molecular weight excluding hydrogens is 287 g/mol. The molecular formula is C15H21FN4O2. The summed E-state index contributed by atoms with van der Waals surface area (Å²) in [6, 6.07) is 1.50. The van der Waals surface area contributed by atoms with Crippen molar-refractivity contribution in [1.82, 2.24) is 15.6 Å². The number of nitrogens with one attached hydrogen (secondary N) is 2. The van der Waals surface area contributed by atoms with Crippen LogP contribution in [0.1, 0.15) is 42.5 Å². The van der Waals surface area contributed by atoms with Crippen LogP contribution in [0.3, 0.4) is 0 Å². The Morgan fingerprint density at radius 3 is 2.45 bits per heavy atom. The number of carbonyl (C=O) groups is 2. The van der Waals surface area contributed by atoms with E-state index in [4.69, 9.17) is 5.73 Å². The first-order valence-electron chi connectivity index (χ1n) is 7.50. The fourth-order valence-electron chi connectivity index (χ4n) is 2.64. The van der Waals surface area contributed by atoms with Gasteiger partial charge in [-0.3, -0.25) is 14.6 Å². The van der Waals surface area contributed by atoms with Crippen LogP contribution in [-0.2, 0) is 4.79 Å². The number of pyridine rings is 1. The zero-order valence-electron chi connectivity index (χ0n) is 12.3. The van der Waals surface area contributed by atoms with Crippen LogP contribution in [0.4, 0.5) is 4.39 Å². The molecule has 2 rings (SSSR count). The highest BCUT2D eigenvalue weighted by molar-refractivity contribution is 5.94. The maximum atomic E-state index is 13.5. The lowest BCUT2D eigenvalue weighted by atomic mass is 9.91. The summed E-state index contributed by atoms with van der Waals surface area (Å²) in [6.45, 7) is 0.342. The SMILES string of the molecule is NCCC(=O)NC1CCC(NC(=O)c2ccncc2F)CC1. The third-order valence-electron chi connectivity index (χ3n) is 3.82. The average molecular weight is 308 g/mol. The molecule has 0 saturated heterocycles. The normalized spacial score (nSPS) is 21.2. The first kappa shape index (κ1) is 16.4. The van der Waals surface area contributed by atoms with Crippen LogP contribution in [-0.4, -0.2) is 35.4 Å². The number of amides is 2. The van der Waals surface area contributed by atoms with Gasteiger partial charge >= 0.3 is 0 Å². The fourth-order valence-corrected chi connectivity index (χ4v) is 2.64. The monoisotopic (exact) mass is 308 g/mol. The van der Waals surface area contributed by atoms with E-state index in [9.17, 15) is 14.0 Å². The summed E-state index contributed by atoms with van der Waals surface area (Å²) in [7, 11) is 0. The van der Waals surface area contributed by atoms with Crippen LogP contribution in [0, 0.1) is 5.82 Å². The van der Waals surface area contributed by atoms with E-state index in [1.807, 2.05) is 0 Å². The second kappa shape index (κ2) is 7.84. The average Bonchev–Trinajstić information content (AvgIpc) is 2.50. The molecule has 1 aliphatic carbocycles. The molecule has 0 aromatic carbocycles. The van der Waals surface area contributed by atoms with E-state index >= 15 is 0 Å². The molecule has 1 fully saturated rings. The minimum atomic E-state index is -0.622. The Morgan fingerprint density at radius 2 is 1.86 bits per heavy atom. The number of hydrogen-bond acceptors (Lipinski definition) is 4. The second-order valence-corrected chi connectivity index (χ2v) is 5.48. The van der Waals surface area contributed by atoms with Gasteiger partial charge in [-0.05, 0) is 31.7 Å². The Hall–Kier alpha value is -2.02. The Labute approximate surface area is 128 Å². The molecule has 1 aromatic heterocycles. The minimum absolute atomic E-state index is 0.00252. The Bertz CT molecular complexity index is 530. The lowest BCUT2D eigenvalue weighted by molar-refractivity contribution is -0.121. The maximum Gasteiger partial charge on any atom is 0.254 e. The van der Waals surface area contributed by atoms with Crippen LogP contribution < -0.4 is 16.4 Å². The summed E-state index contributed by atoms with van der Waals surface area (Å²) in [5.41, 5.74) is 5.34. The minimum Gasteiger partial charge on any atom is -0.353 e. The molecule has 0 bridgehead atoms. The summed E-state index contributed by atoms with van der Waals surface area (Å²) in [6.07, 6.45) is 5.84. The van der Waals surface area contributed by atoms with Crippen molar-refractivity contribution in [2.24, 2.45) is 5.73 Å². The maximum absolute atomic E-state index is 13.5. The van der Waals surface area contributed by atoms with Crippen LogP contribution >= 0.6 is 0 Å². The highest BCUT2D eigenvalue weighted by Crippen LogP contribution is 2.19. The molecule has 7 heteroatoms. The van der Waals surface area contributed by atoms with Gasteiger partial charge in [0.05, 0.1) is 11.8 Å². The summed E-state index contributed by atoms with van der Waals surface area (Å²) in [4.78, 5) is 27.1. The number of hydrogen-bond donors (Lipinski definition) is 3. The van der Waals surface area contributed by atoms with Crippen molar-refractivity contribution in [2.75, 3.05) is 6.54 Å². The van der Waals surface area contributed by atoms with Crippen LogP contribution in [0.5, 0.6) is 0 Å². The zero-order valence-corrected chi connectivity index (χ0v) is 12.3. The van der Waals surface area contributed by atoms with E-state index in [-0.39, 0.29) is 23.6 Å². The molecule has 0 spiro atoms. The first-order chi connectivity index (χ1) is 10.6. The summed E-state index contributed by atoms with van der Waals surface area (Å²) >= 11 is 0. The molecule has 120 valence electrons. The summed E-state index contributed by atoms with van der Waals surface area (Å²) < 4.78 is 13.5. The molecule has 6 nitrogen and oxygen atoms in total. The molecule has 1 aromatic rings. The number of rotatable bonds is 5. The van der Waals surface area contributed by atoms with Gasteiger partial charge in [-0.25, -0.2) is 4.39 Å². The van der Waals surface area contributed by atoms with E-state index in [2.05, 4.69) is 15.6 Å². The smallest absolute Gasteiger partial charge is 0.254 e. The Kier molecular flexibility index (Phi) is 5.83. The molecule has 0 unspecified atom stereocenters. The molecule has 1 heterocycles. The Balaban J connectivity index is 1.79. The van der Waals surface area contributed by atoms with Crippen molar-refractivity contribution in [2.45, 2.75) is 44.2 Å². The topological polar surface area (TPSA) is 97.1 Å². The van der Waals surface area contributed by atoms with Crippen molar-refractivity contribution in [1.29, 1.82) is 0 Å². The van der Waals surface area contributed by atoms with Crippen molar-refractivity contribution < 1.29 is 14.0 Å². The van der Waals surface area contributed by atoms with Gasteiger partial charge < -0.3 is 16.4 Å². The number of halogens is 1. The van der Waals surface area contributed by atoms with Gasteiger partial charge in [0, 0.05) is 31.2 Å².